The van der Waals surface area contributed by atoms with Crippen molar-refractivity contribution in [2.45, 2.75) is 13.0 Å². The molecule has 4 nitrogen and oxygen atoms in total. The van der Waals surface area contributed by atoms with Gasteiger partial charge < -0.3 is 10.1 Å². The molecule has 100 valence electrons. The predicted molar refractivity (Wildman–Crippen MR) is 76.0 cm³/mol. The van der Waals surface area contributed by atoms with Crippen LogP contribution in [0.3, 0.4) is 0 Å². The van der Waals surface area contributed by atoms with E-state index in [2.05, 4.69) is 10.3 Å². The molecule has 2 aromatic rings. The smallest absolute Gasteiger partial charge is 0.257 e. The lowest BCUT2D eigenvalue weighted by Crippen LogP contribution is -2.26. The first-order valence-electron chi connectivity index (χ1n) is 5.67. The van der Waals surface area contributed by atoms with Crippen molar-refractivity contribution in [3.05, 3.63) is 45.2 Å². The van der Waals surface area contributed by atoms with Gasteiger partial charge in [-0.1, -0.05) is 11.6 Å². The summed E-state index contributed by atoms with van der Waals surface area (Å²) in [5.74, 6) is 0.0957. The molecule has 0 aliphatic heterocycles. The third-order valence-electron chi connectivity index (χ3n) is 2.58. The molecule has 0 bridgehead atoms. The number of methoxy groups -OCH3 is 1. The number of ether oxygens (including phenoxy) is 1. The highest BCUT2D eigenvalue weighted by atomic mass is 35.5. The zero-order chi connectivity index (χ0) is 13.8. The van der Waals surface area contributed by atoms with Gasteiger partial charge in [0.15, 0.2) is 0 Å². The number of carbonyl (C=O) groups excluding carboxylic acids is 1. The maximum Gasteiger partial charge on any atom is 0.257 e. The fourth-order valence-corrected chi connectivity index (χ4v) is 2.70. The Morgan fingerprint density at radius 3 is 2.89 bits per heavy atom. The van der Waals surface area contributed by atoms with Gasteiger partial charge in [0.1, 0.15) is 5.56 Å². The van der Waals surface area contributed by atoms with E-state index in [1.807, 2.05) is 19.1 Å². The van der Waals surface area contributed by atoms with E-state index in [4.69, 9.17) is 16.3 Å². The summed E-state index contributed by atoms with van der Waals surface area (Å²) >= 11 is 7.33. The van der Waals surface area contributed by atoms with E-state index in [0.717, 1.165) is 4.88 Å². The number of thiophene rings is 1. The summed E-state index contributed by atoms with van der Waals surface area (Å²) in [5, 5.41) is 2.89. The largest absolute Gasteiger partial charge is 0.480 e. The van der Waals surface area contributed by atoms with Gasteiger partial charge in [-0.05, 0) is 31.2 Å². The Morgan fingerprint density at radius 1 is 1.47 bits per heavy atom. The van der Waals surface area contributed by atoms with E-state index in [1.165, 1.54) is 18.4 Å². The highest BCUT2D eigenvalue weighted by molar-refractivity contribution is 7.16. The molecule has 19 heavy (non-hydrogen) atoms. The fraction of sp³-hybridized carbons (Fsp3) is 0.231. The van der Waals surface area contributed by atoms with Crippen LogP contribution in [0.2, 0.25) is 4.34 Å². The van der Waals surface area contributed by atoms with E-state index < -0.39 is 0 Å². The molecule has 1 amide bonds. The van der Waals surface area contributed by atoms with Crippen LogP contribution < -0.4 is 10.1 Å². The van der Waals surface area contributed by atoms with Gasteiger partial charge >= 0.3 is 0 Å². The van der Waals surface area contributed by atoms with Crippen LogP contribution in [0.4, 0.5) is 0 Å². The molecule has 6 heteroatoms. The molecule has 2 heterocycles. The second kappa shape index (κ2) is 6.04. The van der Waals surface area contributed by atoms with E-state index in [9.17, 15) is 4.79 Å². The molecule has 0 fully saturated rings. The molecule has 2 rings (SSSR count). The second-order valence-electron chi connectivity index (χ2n) is 3.90. The van der Waals surface area contributed by atoms with Crippen LogP contribution in [0.5, 0.6) is 5.88 Å². The summed E-state index contributed by atoms with van der Waals surface area (Å²) in [4.78, 5) is 17.2. The van der Waals surface area contributed by atoms with Gasteiger partial charge in [-0.15, -0.1) is 11.3 Å². The van der Waals surface area contributed by atoms with Crippen molar-refractivity contribution >= 4 is 28.8 Å². The number of nitrogens with one attached hydrogen (secondary N) is 1. The Bertz CT molecular complexity index is 586. The molecular weight excluding hydrogens is 284 g/mol. The number of hydrogen-bond acceptors (Lipinski definition) is 4. The van der Waals surface area contributed by atoms with Gasteiger partial charge in [-0.3, -0.25) is 4.79 Å². The first-order chi connectivity index (χ1) is 9.11. The van der Waals surface area contributed by atoms with E-state index in [0.29, 0.717) is 15.8 Å². The number of hydrogen-bond donors (Lipinski definition) is 1. The van der Waals surface area contributed by atoms with Gasteiger partial charge in [0.2, 0.25) is 5.88 Å². The summed E-state index contributed by atoms with van der Waals surface area (Å²) < 4.78 is 5.77. The first-order valence-corrected chi connectivity index (χ1v) is 6.86. The van der Waals surface area contributed by atoms with Gasteiger partial charge in [0.05, 0.1) is 17.5 Å². The van der Waals surface area contributed by atoms with Crippen LogP contribution in [0.15, 0.2) is 30.5 Å². The summed E-state index contributed by atoms with van der Waals surface area (Å²) in [6.45, 7) is 1.91. The van der Waals surface area contributed by atoms with Crippen LogP contribution in [0.25, 0.3) is 0 Å². The van der Waals surface area contributed by atoms with E-state index in [1.54, 1.807) is 18.3 Å². The van der Waals surface area contributed by atoms with E-state index >= 15 is 0 Å². The van der Waals surface area contributed by atoms with Crippen molar-refractivity contribution in [2.24, 2.45) is 0 Å². The molecule has 0 saturated heterocycles. The molecule has 0 spiro atoms. The third-order valence-corrected chi connectivity index (χ3v) is 3.99. The van der Waals surface area contributed by atoms with Gasteiger partial charge in [0.25, 0.3) is 5.91 Å². The second-order valence-corrected chi connectivity index (χ2v) is 5.64. The number of amides is 1. The monoisotopic (exact) mass is 296 g/mol. The number of nitrogens with zero attached hydrogens (tertiary/aromatic N) is 1. The summed E-state index contributed by atoms with van der Waals surface area (Å²) in [7, 11) is 1.49. The van der Waals surface area contributed by atoms with Crippen LogP contribution in [0, 0.1) is 0 Å². The van der Waals surface area contributed by atoms with Crippen LogP contribution in [0.1, 0.15) is 28.2 Å². The van der Waals surface area contributed by atoms with Crippen LogP contribution >= 0.6 is 22.9 Å². The minimum Gasteiger partial charge on any atom is -0.480 e. The minimum atomic E-state index is -0.220. The van der Waals surface area contributed by atoms with Gasteiger partial charge in [-0.2, -0.15) is 0 Å². The molecule has 0 saturated carbocycles. The quantitative estimate of drug-likeness (QED) is 0.942. The Labute approximate surface area is 120 Å². The molecular formula is C13H13ClN2O2S. The van der Waals surface area contributed by atoms with Crippen molar-refractivity contribution in [1.82, 2.24) is 10.3 Å². The van der Waals surface area contributed by atoms with Crippen molar-refractivity contribution < 1.29 is 9.53 Å². The number of pyridine rings is 1. The fourth-order valence-electron chi connectivity index (χ4n) is 1.63. The third kappa shape index (κ3) is 3.24. The molecule has 0 unspecified atom stereocenters. The van der Waals surface area contributed by atoms with Crippen LogP contribution in [-0.2, 0) is 0 Å². The van der Waals surface area contributed by atoms with Crippen LogP contribution in [-0.4, -0.2) is 18.0 Å². The molecule has 1 atom stereocenters. The average Bonchev–Trinajstić information content (AvgIpc) is 2.85. The minimum absolute atomic E-state index is 0.116. The molecule has 0 aliphatic carbocycles. The zero-order valence-electron chi connectivity index (χ0n) is 10.5. The summed E-state index contributed by atoms with van der Waals surface area (Å²) in [6.07, 6.45) is 1.58. The van der Waals surface area contributed by atoms with Gasteiger partial charge in [0, 0.05) is 11.1 Å². The highest BCUT2D eigenvalue weighted by Gasteiger charge is 2.16. The van der Waals surface area contributed by atoms with E-state index in [-0.39, 0.29) is 11.9 Å². The Balaban J connectivity index is 2.12. The van der Waals surface area contributed by atoms with Crippen molar-refractivity contribution in [3.8, 4) is 5.88 Å². The number of carbonyl (C=O) groups is 1. The number of halogens is 1. The molecule has 0 aliphatic rings. The SMILES string of the molecule is COc1ncccc1C(=O)N[C@H](C)c1ccc(Cl)s1. The molecule has 0 aromatic carbocycles. The van der Waals surface area contributed by atoms with Gasteiger partial charge in [-0.25, -0.2) is 4.98 Å². The predicted octanol–water partition coefficient (Wildman–Crippen LogP) is 3.30. The maximum atomic E-state index is 12.2. The average molecular weight is 297 g/mol. The van der Waals surface area contributed by atoms with Crippen molar-refractivity contribution in [2.75, 3.05) is 7.11 Å². The lowest BCUT2D eigenvalue weighted by molar-refractivity contribution is 0.0936. The van der Waals surface area contributed by atoms with Crippen molar-refractivity contribution in [1.29, 1.82) is 0 Å². The molecule has 2 aromatic heterocycles. The lowest BCUT2D eigenvalue weighted by Gasteiger charge is -2.13. The first kappa shape index (κ1) is 13.8. The zero-order valence-corrected chi connectivity index (χ0v) is 12.1. The summed E-state index contributed by atoms with van der Waals surface area (Å²) in [6, 6.07) is 6.97. The Hall–Kier alpha value is -1.59. The maximum absolute atomic E-state index is 12.2. The standard InChI is InChI=1S/C13H13ClN2O2S/c1-8(10-5-6-11(14)19-10)16-12(17)9-4-3-7-15-13(9)18-2/h3-8H,1-2H3,(H,16,17)/t8-/m1/s1. The molecule has 1 N–H and O–H groups in total. The summed E-state index contributed by atoms with van der Waals surface area (Å²) in [5.41, 5.74) is 0.416. The highest BCUT2D eigenvalue weighted by Crippen LogP contribution is 2.27. The topological polar surface area (TPSA) is 51.2 Å². The number of rotatable bonds is 4. The Morgan fingerprint density at radius 2 is 2.26 bits per heavy atom. The van der Waals surface area contributed by atoms with Crippen molar-refractivity contribution in [3.63, 3.8) is 0 Å². The Kier molecular flexibility index (Phi) is 4.39. The lowest BCUT2D eigenvalue weighted by atomic mass is 10.2. The molecule has 0 radical (unpaired) electrons. The number of aromatic nitrogens is 1. The normalized spacial score (nSPS) is 11.9.